The molecule has 2 N–H and O–H groups in total. The number of ether oxygens (including phenoxy) is 2. The van der Waals surface area contributed by atoms with Crippen molar-refractivity contribution in [2.24, 2.45) is 0 Å². The van der Waals surface area contributed by atoms with E-state index in [1.165, 1.54) is 19.2 Å². The van der Waals surface area contributed by atoms with Crippen molar-refractivity contribution in [2.45, 2.75) is 0 Å². The van der Waals surface area contributed by atoms with Gasteiger partial charge in [-0.25, -0.2) is 4.39 Å². The summed E-state index contributed by atoms with van der Waals surface area (Å²) in [5, 5.41) is 0. The lowest BCUT2D eigenvalue weighted by Gasteiger charge is -2.10. The molecule has 0 atom stereocenters. The second kappa shape index (κ2) is 4.74. The summed E-state index contributed by atoms with van der Waals surface area (Å²) in [6.07, 6.45) is 0. The summed E-state index contributed by atoms with van der Waals surface area (Å²) < 4.78 is 24.1. The van der Waals surface area contributed by atoms with E-state index in [1.807, 2.05) is 6.07 Å². The van der Waals surface area contributed by atoms with Gasteiger partial charge < -0.3 is 15.2 Å². The smallest absolute Gasteiger partial charge is 0.169 e. The molecule has 0 aliphatic carbocycles. The van der Waals surface area contributed by atoms with E-state index in [4.69, 9.17) is 15.2 Å². The normalized spacial score (nSPS) is 10.0. The van der Waals surface area contributed by atoms with Crippen LogP contribution in [0.1, 0.15) is 0 Å². The molecule has 0 amide bonds. The van der Waals surface area contributed by atoms with Gasteiger partial charge in [0.15, 0.2) is 23.1 Å². The molecular formula is C13H12FNO2. The van der Waals surface area contributed by atoms with Crippen LogP contribution in [0.15, 0.2) is 42.5 Å². The SMILES string of the molecule is COc1ccccc1Oc1ccc(N)cc1F. The Hall–Kier alpha value is -2.23. The largest absolute Gasteiger partial charge is 0.493 e. The van der Waals surface area contributed by atoms with E-state index in [1.54, 1.807) is 24.3 Å². The first-order valence-electron chi connectivity index (χ1n) is 5.06. The van der Waals surface area contributed by atoms with Crippen LogP contribution < -0.4 is 15.2 Å². The van der Waals surface area contributed by atoms with E-state index in [0.717, 1.165) is 0 Å². The van der Waals surface area contributed by atoms with E-state index < -0.39 is 5.82 Å². The zero-order valence-electron chi connectivity index (χ0n) is 9.31. The summed E-state index contributed by atoms with van der Waals surface area (Å²) >= 11 is 0. The number of nitrogens with two attached hydrogens (primary N) is 1. The monoisotopic (exact) mass is 233 g/mol. The Morgan fingerprint density at radius 2 is 1.71 bits per heavy atom. The van der Waals surface area contributed by atoms with Crippen molar-refractivity contribution in [2.75, 3.05) is 12.8 Å². The zero-order chi connectivity index (χ0) is 12.3. The minimum absolute atomic E-state index is 0.115. The molecule has 0 aliphatic rings. The molecule has 0 unspecified atom stereocenters. The molecule has 4 heteroatoms. The summed E-state index contributed by atoms with van der Waals surface area (Å²) in [5.74, 6) is 0.613. The summed E-state index contributed by atoms with van der Waals surface area (Å²) in [7, 11) is 1.53. The van der Waals surface area contributed by atoms with Crippen LogP contribution in [0.4, 0.5) is 10.1 Å². The van der Waals surface area contributed by atoms with Crippen LogP contribution in [-0.4, -0.2) is 7.11 Å². The van der Waals surface area contributed by atoms with Gasteiger partial charge in [0, 0.05) is 11.8 Å². The van der Waals surface area contributed by atoms with E-state index in [2.05, 4.69) is 0 Å². The maximum Gasteiger partial charge on any atom is 0.169 e. The van der Waals surface area contributed by atoms with Gasteiger partial charge in [-0.2, -0.15) is 0 Å². The van der Waals surface area contributed by atoms with Crippen LogP contribution in [0, 0.1) is 5.82 Å². The highest BCUT2D eigenvalue weighted by molar-refractivity contribution is 5.47. The Kier molecular flexibility index (Phi) is 3.14. The minimum atomic E-state index is -0.504. The molecule has 2 rings (SSSR count). The molecule has 0 aromatic heterocycles. The topological polar surface area (TPSA) is 44.5 Å². The van der Waals surface area contributed by atoms with E-state index >= 15 is 0 Å². The lowest BCUT2D eigenvalue weighted by atomic mass is 10.3. The van der Waals surface area contributed by atoms with Gasteiger partial charge in [-0.15, -0.1) is 0 Å². The fraction of sp³-hybridized carbons (Fsp3) is 0.0769. The molecule has 2 aromatic rings. The average Bonchev–Trinajstić information content (AvgIpc) is 2.33. The van der Waals surface area contributed by atoms with E-state index in [0.29, 0.717) is 17.2 Å². The maximum absolute atomic E-state index is 13.5. The van der Waals surface area contributed by atoms with Crippen LogP contribution in [0.3, 0.4) is 0 Å². The Balaban J connectivity index is 2.31. The first kappa shape index (κ1) is 11.3. The van der Waals surface area contributed by atoms with Gasteiger partial charge >= 0.3 is 0 Å². The van der Waals surface area contributed by atoms with Crippen molar-refractivity contribution in [1.82, 2.24) is 0 Å². The summed E-state index contributed by atoms with van der Waals surface area (Å²) in [5.41, 5.74) is 5.81. The second-order valence-electron chi connectivity index (χ2n) is 3.44. The second-order valence-corrected chi connectivity index (χ2v) is 3.44. The first-order valence-corrected chi connectivity index (χ1v) is 5.06. The fourth-order valence-electron chi connectivity index (χ4n) is 1.42. The number of hydrogen-bond acceptors (Lipinski definition) is 3. The van der Waals surface area contributed by atoms with Gasteiger partial charge in [0.25, 0.3) is 0 Å². The predicted octanol–water partition coefficient (Wildman–Crippen LogP) is 3.21. The van der Waals surface area contributed by atoms with Crippen LogP contribution in [0.5, 0.6) is 17.2 Å². The lowest BCUT2D eigenvalue weighted by molar-refractivity contribution is 0.371. The van der Waals surface area contributed by atoms with Gasteiger partial charge in [0.1, 0.15) is 0 Å². The van der Waals surface area contributed by atoms with Crippen molar-refractivity contribution in [3.8, 4) is 17.2 Å². The quantitative estimate of drug-likeness (QED) is 0.828. The van der Waals surface area contributed by atoms with E-state index in [-0.39, 0.29) is 5.75 Å². The highest BCUT2D eigenvalue weighted by Gasteiger charge is 2.08. The first-order chi connectivity index (χ1) is 8.20. The van der Waals surface area contributed by atoms with Crippen molar-refractivity contribution in [1.29, 1.82) is 0 Å². The maximum atomic E-state index is 13.5. The van der Waals surface area contributed by atoms with Gasteiger partial charge in [0.2, 0.25) is 0 Å². The van der Waals surface area contributed by atoms with Crippen molar-refractivity contribution in [3.05, 3.63) is 48.3 Å². The number of halogens is 1. The van der Waals surface area contributed by atoms with Crippen LogP contribution in [0.2, 0.25) is 0 Å². The van der Waals surface area contributed by atoms with Gasteiger partial charge in [-0.1, -0.05) is 12.1 Å². The standard InChI is InChI=1S/C13H12FNO2/c1-16-12-4-2-3-5-13(12)17-11-7-6-9(15)8-10(11)14/h2-8H,15H2,1H3. The van der Waals surface area contributed by atoms with Gasteiger partial charge in [-0.3, -0.25) is 0 Å². The highest BCUT2D eigenvalue weighted by atomic mass is 19.1. The molecule has 17 heavy (non-hydrogen) atoms. The summed E-state index contributed by atoms with van der Waals surface area (Å²) in [6.45, 7) is 0. The number of anilines is 1. The minimum Gasteiger partial charge on any atom is -0.493 e. The third kappa shape index (κ3) is 2.47. The van der Waals surface area contributed by atoms with E-state index in [9.17, 15) is 4.39 Å². The molecule has 0 radical (unpaired) electrons. The summed E-state index contributed by atoms with van der Waals surface area (Å²) in [6, 6.07) is 11.3. The molecule has 0 saturated carbocycles. The van der Waals surface area contributed by atoms with Crippen LogP contribution >= 0.6 is 0 Å². The van der Waals surface area contributed by atoms with Crippen molar-refractivity contribution in [3.63, 3.8) is 0 Å². The third-order valence-corrected chi connectivity index (χ3v) is 2.24. The fourth-order valence-corrected chi connectivity index (χ4v) is 1.42. The number of hydrogen-bond donors (Lipinski definition) is 1. The molecule has 3 nitrogen and oxygen atoms in total. The molecule has 0 fully saturated rings. The molecule has 0 heterocycles. The zero-order valence-corrected chi connectivity index (χ0v) is 9.31. The molecule has 2 aromatic carbocycles. The summed E-state index contributed by atoms with van der Waals surface area (Å²) in [4.78, 5) is 0. The number of nitrogen functional groups attached to an aromatic ring is 1. The Morgan fingerprint density at radius 1 is 1.00 bits per heavy atom. The van der Waals surface area contributed by atoms with Crippen LogP contribution in [-0.2, 0) is 0 Å². The molecular weight excluding hydrogens is 221 g/mol. The lowest BCUT2D eigenvalue weighted by Crippen LogP contribution is -1.93. The number of rotatable bonds is 3. The number of para-hydroxylation sites is 2. The third-order valence-electron chi connectivity index (χ3n) is 2.24. The van der Waals surface area contributed by atoms with Crippen molar-refractivity contribution >= 4 is 5.69 Å². The highest BCUT2D eigenvalue weighted by Crippen LogP contribution is 2.32. The predicted molar refractivity (Wildman–Crippen MR) is 63.9 cm³/mol. The molecule has 0 aliphatic heterocycles. The van der Waals surface area contributed by atoms with Crippen molar-refractivity contribution < 1.29 is 13.9 Å². The Labute approximate surface area is 98.6 Å². The molecule has 0 saturated heterocycles. The van der Waals surface area contributed by atoms with Gasteiger partial charge in [-0.05, 0) is 24.3 Å². The molecule has 0 bridgehead atoms. The molecule has 88 valence electrons. The Morgan fingerprint density at radius 3 is 2.35 bits per heavy atom. The van der Waals surface area contributed by atoms with Gasteiger partial charge in [0.05, 0.1) is 7.11 Å². The molecule has 0 spiro atoms. The number of benzene rings is 2. The number of methoxy groups -OCH3 is 1. The average molecular weight is 233 g/mol. The Bertz CT molecular complexity index is 529. The van der Waals surface area contributed by atoms with Crippen LogP contribution in [0.25, 0.3) is 0 Å².